The van der Waals surface area contributed by atoms with E-state index in [1.807, 2.05) is 0 Å². The summed E-state index contributed by atoms with van der Waals surface area (Å²) >= 11 is 0. The third kappa shape index (κ3) is 3.54. The molecule has 0 spiro atoms. The van der Waals surface area contributed by atoms with E-state index < -0.39 is 39.4 Å². The molecule has 2 N–H and O–H groups in total. The van der Waals surface area contributed by atoms with Gasteiger partial charge in [0.25, 0.3) is 5.91 Å². The first-order chi connectivity index (χ1) is 13.0. The molecule has 2 aromatic rings. The fraction of sp³-hybridized carbons (Fsp3) is 0.294. The van der Waals surface area contributed by atoms with Crippen molar-refractivity contribution in [2.24, 2.45) is 7.05 Å². The Balaban J connectivity index is 2.00. The van der Waals surface area contributed by atoms with E-state index in [1.165, 1.54) is 24.7 Å². The topological polar surface area (TPSA) is 97.3 Å². The summed E-state index contributed by atoms with van der Waals surface area (Å²) in [7, 11) is -2.60. The summed E-state index contributed by atoms with van der Waals surface area (Å²) in [5.74, 6) is -5.81. The van der Waals surface area contributed by atoms with Gasteiger partial charge in [-0.1, -0.05) is 0 Å². The molecular formula is C17H16F3N3O4S. The zero-order valence-corrected chi connectivity index (χ0v) is 15.7. The number of Topliss-reactive ketones (excluding diaryl/α,β-unsaturated/α-hetero) is 1. The summed E-state index contributed by atoms with van der Waals surface area (Å²) in [5, 5.41) is 2.24. The molecule has 3 rings (SSSR count). The average Bonchev–Trinajstić information content (AvgIpc) is 2.87. The third-order valence-electron chi connectivity index (χ3n) is 4.46. The molecule has 0 bridgehead atoms. The van der Waals surface area contributed by atoms with Gasteiger partial charge in [-0.05, 0) is 19.8 Å². The molecule has 0 saturated heterocycles. The van der Waals surface area contributed by atoms with Crippen molar-refractivity contribution >= 4 is 27.4 Å². The first-order valence-electron chi connectivity index (χ1n) is 8.18. The normalized spacial score (nSPS) is 18.2. The highest BCUT2D eigenvalue weighted by atomic mass is 32.2. The number of carbonyl (C=O) groups is 2. The minimum Gasteiger partial charge on any atom is -0.345 e. The SMILES string of the molecule is CC(=O)[C@H]1CCc2c(cn(C)c2C(=O)Nc2cc(F)c(F)c(F)c2)S(=O)(=O)N1. The van der Waals surface area contributed by atoms with Crippen molar-refractivity contribution in [3.05, 3.63) is 47.0 Å². The van der Waals surface area contributed by atoms with E-state index >= 15 is 0 Å². The monoisotopic (exact) mass is 415 g/mol. The van der Waals surface area contributed by atoms with Crippen LogP contribution in [0.2, 0.25) is 0 Å². The van der Waals surface area contributed by atoms with Crippen LogP contribution in [0.1, 0.15) is 29.4 Å². The van der Waals surface area contributed by atoms with Crippen LogP contribution in [-0.2, 0) is 28.3 Å². The van der Waals surface area contributed by atoms with E-state index in [1.54, 1.807) is 0 Å². The summed E-state index contributed by atoms with van der Waals surface area (Å²) in [4.78, 5) is 24.1. The van der Waals surface area contributed by atoms with Crippen molar-refractivity contribution in [2.75, 3.05) is 5.32 Å². The highest BCUT2D eigenvalue weighted by Gasteiger charge is 2.34. The molecule has 11 heteroatoms. The van der Waals surface area contributed by atoms with Crippen LogP contribution in [0, 0.1) is 17.5 Å². The fourth-order valence-electron chi connectivity index (χ4n) is 3.12. The number of amides is 1. The molecule has 2 heterocycles. The van der Waals surface area contributed by atoms with E-state index in [0.717, 1.165) is 0 Å². The summed E-state index contributed by atoms with van der Waals surface area (Å²) in [5.41, 5.74) is -0.193. The molecule has 28 heavy (non-hydrogen) atoms. The van der Waals surface area contributed by atoms with Gasteiger partial charge in [-0.3, -0.25) is 9.59 Å². The Morgan fingerprint density at radius 3 is 2.39 bits per heavy atom. The number of rotatable bonds is 3. The number of sulfonamides is 1. The number of hydrogen-bond acceptors (Lipinski definition) is 4. The zero-order chi connectivity index (χ0) is 20.8. The molecule has 0 radical (unpaired) electrons. The number of aryl methyl sites for hydroxylation is 1. The Morgan fingerprint density at radius 1 is 1.21 bits per heavy atom. The summed E-state index contributed by atoms with van der Waals surface area (Å²) in [6.07, 6.45) is 1.48. The lowest BCUT2D eigenvalue weighted by atomic mass is 10.0. The van der Waals surface area contributed by atoms with Gasteiger partial charge in [0.1, 0.15) is 16.4 Å². The predicted octanol–water partition coefficient (Wildman–Crippen LogP) is 1.88. The largest absolute Gasteiger partial charge is 0.345 e. The van der Waals surface area contributed by atoms with E-state index in [-0.39, 0.29) is 40.5 Å². The number of aromatic nitrogens is 1. The highest BCUT2D eigenvalue weighted by molar-refractivity contribution is 7.89. The van der Waals surface area contributed by atoms with E-state index in [0.29, 0.717) is 12.1 Å². The maximum absolute atomic E-state index is 13.4. The molecule has 1 atom stereocenters. The maximum atomic E-state index is 13.4. The van der Waals surface area contributed by atoms with Crippen LogP contribution >= 0.6 is 0 Å². The van der Waals surface area contributed by atoms with Crippen LogP contribution in [-0.4, -0.2) is 30.7 Å². The number of halogens is 3. The third-order valence-corrected chi connectivity index (χ3v) is 5.99. The Kier molecular flexibility index (Phi) is 5.06. The van der Waals surface area contributed by atoms with Crippen LogP contribution in [0.25, 0.3) is 0 Å². The van der Waals surface area contributed by atoms with Gasteiger partial charge in [-0.2, -0.15) is 0 Å². The fourth-order valence-corrected chi connectivity index (χ4v) is 4.73. The van der Waals surface area contributed by atoms with Crippen molar-refractivity contribution < 1.29 is 31.2 Å². The van der Waals surface area contributed by atoms with Gasteiger partial charge in [0.05, 0.1) is 6.04 Å². The number of fused-ring (bicyclic) bond motifs is 1. The summed E-state index contributed by atoms with van der Waals surface area (Å²) < 4.78 is 68.4. The molecule has 150 valence electrons. The average molecular weight is 415 g/mol. The summed E-state index contributed by atoms with van der Waals surface area (Å²) in [6, 6.07) is 0.309. The first kappa shape index (κ1) is 20.1. The van der Waals surface area contributed by atoms with Gasteiger partial charge < -0.3 is 9.88 Å². The van der Waals surface area contributed by atoms with Crippen molar-refractivity contribution in [1.29, 1.82) is 0 Å². The number of anilines is 1. The van der Waals surface area contributed by atoms with E-state index in [9.17, 15) is 31.2 Å². The van der Waals surface area contributed by atoms with Crippen LogP contribution in [0.5, 0.6) is 0 Å². The van der Waals surface area contributed by atoms with Gasteiger partial charge in [0, 0.05) is 36.6 Å². The minimum atomic E-state index is -4.04. The number of nitrogens with one attached hydrogen (secondary N) is 2. The molecule has 0 fully saturated rings. The van der Waals surface area contributed by atoms with Crippen molar-refractivity contribution in [2.45, 2.75) is 30.7 Å². The van der Waals surface area contributed by atoms with Crippen LogP contribution in [0.15, 0.2) is 23.2 Å². The molecular weight excluding hydrogens is 399 g/mol. The minimum absolute atomic E-state index is 0.0466. The second-order valence-electron chi connectivity index (χ2n) is 6.46. The quantitative estimate of drug-likeness (QED) is 0.748. The number of benzene rings is 1. The van der Waals surface area contributed by atoms with Gasteiger partial charge >= 0.3 is 0 Å². The van der Waals surface area contributed by atoms with Crippen molar-refractivity contribution in [1.82, 2.24) is 9.29 Å². The number of carbonyl (C=O) groups excluding carboxylic acids is 2. The highest BCUT2D eigenvalue weighted by Crippen LogP contribution is 2.28. The number of nitrogens with zero attached hydrogens (tertiary/aromatic N) is 1. The van der Waals surface area contributed by atoms with Crippen LogP contribution < -0.4 is 10.0 Å². The first-order valence-corrected chi connectivity index (χ1v) is 9.66. The standard InChI is InChI=1S/C17H16F3N3O4S/c1-8(24)13-4-3-10-14(28(26,27)22-13)7-23(2)16(10)17(25)21-9-5-11(18)15(20)12(19)6-9/h5-7,13,22H,3-4H2,1-2H3,(H,21,25)/t13-/m1/s1. The molecule has 0 aliphatic carbocycles. The van der Waals surface area contributed by atoms with E-state index in [4.69, 9.17) is 0 Å². The van der Waals surface area contributed by atoms with Crippen molar-refractivity contribution in [3.8, 4) is 0 Å². The molecule has 1 aliphatic heterocycles. The predicted molar refractivity (Wildman–Crippen MR) is 92.8 cm³/mol. The zero-order valence-electron chi connectivity index (χ0n) is 14.8. The van der Waals surface area contributed by atoms with Gasteiger partial charge in [-0.25, -0.2) is 26.3 Å². The lowest BCUT2D eigenvalue weighted by Gasteiger charge is -2.12. The van der Waals surface area contributed by atoms with Gasteiger partial charge in [0.2, 0.25) is 10.0 Å². The second kappa shape index (κ2) is 7.06. The molecule has 1 aromatic heterocycles. The molecule has 0 saturated carbocycles. The number of ketones is 1. The Hall–Kier alpha value is -2.66. The van der Waals surface area contributed by atoms with E-state index in [2.05, 4.69) is 10.0 Å². The smallest absolute Gasteiger partial charge is 0.272 e. The lowest BCUT2D eigenvalue weighted by molar-refractivity contribution is -0.118. The molecule has 1 amide bonds. The maximum Gasteiger partial charge on any atom is 0.272 e. The second-order valence-corrected chi connectivity index (χ2v) is 8.15. The van der Waals surface area contributed by atoms with Crippen LogP contribution in [0.4, 0.5) is 18.9 Å². The Morgan fingerprint density at radius 2 is 1.82 bits per heavy atom. The van der Waals surface area contributed by atoms with Gasteiger partial charge in [-0.15, -0.1) is 0 Å². The summed E-state index contributed by atoms with van der Waals surface area (Å²) in [6.45, 7) is 1.26. The molecule has 0 unspecified atom stereocenters. The number of hydrogen-bond donors (Lipinski definition) is 2. The van der Waals surface area contributed by atoms with Crippen LogP contribution in [0.3, 0.4) is 0 Å². The molecule has 1 aliphatic rings. The van der Waals surface area contributed by atoms with Crippen molar-refractivity contribution in [3.63, 3.8) is 0 Å². The molecule has 7 nitrogen and oxygen atoms in total. The lowest BCUT2D eigenvalue weighted by Crippen LogP contribution is -2.38. The Labute approximate surface area is 158 Å². The van der Waals surface area contributed by atoms with Gasteiger partial charge in [0.15, 0.2) is 17.5 Å². The Bertz CT molecular complexity index is 1070. The molecule has 1 aromatic carbocycles.